The maximum atomic E-state index is 13.1. The Hall–Kier alpha value is -1.67. The smallest absolute Gasteiger partial charge is 0.123 e. The van der Waals surface area contributed by atoms with Crippen molar-refractivity contribution in [3.63, 3.8) is 0 Å². The van der Waals surface area contributed by atoms with Gasteiger partial charge in [-0.05, 0) is 37.1 Å². The molecule has 1 N–H and O–H groups in total. The fourth-order valence-corrected chi connectivity index (χ4v) is 1.99. The van der Waals surface area contributed by atoms with Gasteiger partial charge in [0.25, 0.3) is 0 Å². The molecule has 2 aromatic rings. The van der Waals surface area contributed by atoms with E-state index in [0.29, 0.717) is 0 Å². The molecule has 0 aliphatic rings. The average molecular weight is 243 g/mol. The Bertz CT molecular complexity index is 522. The summed E-state index contributed by atoms with van der Waals surface area (Å²) in [6.07, 6.45) is 0. The number of nitrogens with one attached hydrogen (secondary N) is 1. The van der Waals surface area contributed by atoms with E-state index in [9.17, 15) is 4.39 Å². The van der Waals surface area contributed by atoms with Gasteiger partial charge in [-0.15, -0.1) is 0 Å². The van der Waals surface area contributed by atoms with Crippen LogP contribution in [0.2, 0.25) is 0 Å². The van der Waals surface area contributed by atoms with Gasteiger partial charge in [0, 0.05) is 12.6 Å². The summed E-state index contributed by atoms with van der Waals surface area (Å²) >= 11 is 0. The minimum absolute atomic E-state index is 0.140. The summed E-state index contributed by atoms with van der Waals surface area (Å²) in [5.41, 5.74) is 3.48. The van der Waals surface area contributed by atoms with Crippen LogP contribution in [0.15, 0.2) is 48.5 Å². The molecule has 0 saturated heterocycles. The van der Waals surface area contributed by atoms with Crippen molar-refractivity contribution >= 4 is 0 Å². The van der Waals surface area contributed by atoms with E-state index in [2.05, 4.69) is 36.5 Å². The molecular formula is C16H18FN. The predicted octanol–water partition coefficient (Wildman–Crippen LogP) is 3.98. The third-order valence-electron chi connectivity index (χ3n) is 3.04. The quantitative estimate of drug-likeness (QED) is 0.856. The Morgan fingerprint density at radius 2 is 1.89 bits per heavy atom. The summed E-state index contributed by atoms with van der Waals surface area (Å²) in [5.74, 6) is -0.184. The van der Waals surface area contributed by atoms with Gasteiger partial charge >= 0.3 is 0 Å². The van der Waals surface area contributed by atoms with Crippen molar-refractivity contribution in [3.8, 4) is 0 Å². The standard InChI is InChI=1S/C16H18FN/c1-12-5-3-6-14(9-12)11-18-13(2)15-7-4-8-16(17)10-15/h3-10,13,18H,11H2,1-2H3/t13-/m0/s1. The maximum absolute atomic E-state index is 13.1. The minimum Gasteiger partial charge on any atom is -0.306 e. The summed E-state index contributed by atoms with van der Waals surface area (Å²) in [6.45, 7) is 4.92. The van der Waals surface area contributed by atoms with Crippen molar-refractivity contribution in [2.45, 2.75) is 26.4 Å². The summed E-state index contributed by atoms with van der Waals surface area (Å²) in [6, 6.07) is 15.3. The first-order valence-corrected chi connectivity index (χ1v) is 6.19. The van der Waals surface area contributed by atoms with E-state index in [1.54, 1.807) is 12.1 Å². The van der Waals surface area contributed by atoms with Crippen molar-refractivity contribution < 1.29 is 4.39 Å². The number of aryl methyl sites for hydroxylation is 1. The highest BCUT2D eigenvalue weighted by Gasteiger charge is 2.05. The second kappa shape index (κ2) is 5.78. The lowest BCUT2D eigenvalue weighted by atomic mass is 10.1. The largest absolute Gasteiger partial charge is 0.306 e. The van der Waals surface area contributed by atoms with Crippen molar-refractivity contribution in [2.75, 3.05) is 0 Å². The zero-order valence-corrected chi connectivity index (χ0v) is 10.8. The fraction of sp³-hybridized carbons (Fsp3) is 0.250. The first kappa shape index (κ1) is 12.8. The number of benzene rings is 2. The molecule has 0 heterocycles. The van der Waals surface area contributed by atoms with Crippen LogP contribution in [0.4, 0.5) is 4.39 Å². The van der Waals surface area contributed by atoms with Crippen molar-refractivity contribution in [1.29, 1.82) is 0 Å². The lowest BCUT2D eigenvalue weighted by Gasteiger charge is -2.14. The van der Waals surface area contributed by atoms with E-state index in [0.717, 1.165) is 12.1 Å². The van der Waals surface area contributed by atoms with Crippen molar-refractivity contribution in [3.05, 3.63) is 71.0 Å². The van der Waals surface area contributed by atoms with Gasteiger partial charge in [-0.25, -0.2) is 4.39 Å². The van der Waals surface area contributed by atoms with E-state index in [1.165, 1.54) is 17.2 Å². The predicted molar refractivity (Wildman–Crippen MR) is 72.8 cm³/mol. The third-order valence-corrected chi connectivity index (χ3v) is 3.04. The zero-order valence-electron chi connectivity index (χ0n) is 10.8. The van der Waals surface area contributed by atoms with Crippen molar-refractivity contribution in [1.82, 2.24) is 5.32 Å². The summed E-state index contributed by atoms with van der Waals surface area (Å²) in [5, 5.41) is 3.40. The Morgan fingerprint density at radius 1 is 1.11 bits per heavy atom. The SMILES string of the molecule is Cc1cccc(CN[C@@H](C)c2cccc(F)c2)c1. The number of hydrogen-bond acceptors (Lipinski definition) is 1. The van der Waals surface area contributed by atoms with E-state index >= 15 is 0 Å². The topological polar surface area (TPSA) is 12.0 Å². The summed E-state index contributed by atoms with van der Waals surface area (Å²) in [4.78, 5) is 0. The molecule has 0 spiro atoms. The molecule has 0 aliphatic heterocycles. The van der Waals surface area contributed by atoms with Gasteiger partial charge in [-0.2, -0.15) is 0 Å². The van der Waals surface area contributed by atoms with Gasteiger partial charge in [-0.1, -0.05) is 42.0 Å². The van der Waals surface area contributed by atoms with Crippen LogP contribution < -0.4 is 5.32 Å². The molecule has 1 atom stereocenters. The molecule has 94 valence electrons. The maximum Gasteiger partial charge on any atom is 0.123 e. The molecule has 0 fully saturated rings. The van der Waals surface area contributed by atoms with Crippen LogP contribution in [0.25, 0.3) is 0 Å². The van der Waals surface area contributed by atoms with Gasteiger partial charge in [0.1, 0.15) is 5.82 Å². The lowest BCUT2D eigenvalue weighted by molar-refractivity contribution is 0.565. The van der Waals surface area contributed by atoms with Crippen LogP contribution in [0.3, 0.4) is 0 Å². The third kappa shape index (κ3) is 3.41. The molecule has 2 aromatic carbocycles. The van der Waals surface area contributed by atoms with E-state index < -0.39 is 0 Å². The molecule has 0 radical (unpaired) electrons. The average Bonchev–Trinajstić information content (AvgIpc) is 2.36. The van der Waals surface area contributed by atoms with Crippen LogP contribution in [-0.4, -0.2) is 0 Å². The van der Waals surface area contributed by atoms with Gasteiger partial charge in [-0.3, -0.25) is 0 Å². The molecule has 0 aromatic heterocycles. The Kier molecular flexibility index (Phi) is 4.11. The number of hydrogen-bond donors (Lipinski definition) is 1. The molecule has 2 rings (SSSR count). The molecule has 0 amide bonds. The highest BCUT2D eigenvalue weighted by molar-refractivity contribution is 5.23. The van der Waals surface area contributed by atoms with E-state index in [1.807, 2.05) is 13.0 Å². The van der Waals surface area contributed by atoms with Crippen molar-refractivity contribution in [2.24, 2.45) is 0 Å². The van der Waals surface area contributed by atoms with Gasteiger partial charge < -0.3 is 5.32 Å². The highest BCUT2D eigenvalue weighted by Crippen LogP contribution is 2.14. The van der Waals surface area contributed by atoms with Gasteiger partial charge in [0.2, 0.25) is 0 Å². The van der Waals surface area contributed by atoms with Crippen LogP contribution in [0.1, 0.15) is 29.7 Å². The second-order valence-corrected chi connectivity index (χ2v) is 4.65. The highest BCUT2D eigenvalue weighted by atomic mass is 19.1. The van der Waals surface area contributed by atoms with Crippen LogP contribution in [0, 0.1) is 12.7 Å². The monoisotopic (exact) mass is 243 g/mol. The normalized spacial score (nSPS) is 12.4. The van der Waals surface area contributed by atoms with E-state index in [-0.39, 0.29) is 11.9 Å². The number of halogens is 1. The molecule has 0 bridgehead atoms. The van der Waals surface area contributed by atoms with Crippen LogP contribution >= 0.6 is 0 Å². The number of rotatable bonds is 4. The summed E-state index contributed by atoms with van der Waals surface area (Å²) < 4.78 is 13.1. The molecular weight excluding hydrogens is 225 g/mol. The first-order chi connectivity index (χ1) is 8.65. The molecule has 1 nitrogen and oxygen atoms in total. The Labute approximate surface area is 108 Å². The van der Waals surface area contributed by atoms with Crippen LogP contribution in [-0.2, 0) is 6.54 Å². The molecule has 0 unspecified atom stereocenters. The minimum atomic E-state index is -0.184. The molecule has 0 aliphatic carbocycles. The first-order valence-electron chi connectivity index (χ1n) is 6.19. The van der Waals surface area contributed by atoms with Crippen LogP contribution in [0.5, 0.6) is 0 Å². The lowest BCUT2D eigenvalue weighted by Crippen LogP contribution is -2.18. The van der Waals surface area contributed by atoms with E-state index in [4.69, 9.17) is 0 Å². The van der Waals surface area contributed by atoms with Gasteiger partial charge in [0.15, 0.2) is 0 Å². The fourth-order valence-electron chi connectivity index (χ4n) is 1.99. The Morgan fingerprint density at radius 3 is 2.61 bits per heavy atom. The molecule has 18 heavy (non-hydrogen) atoms. The van der Waals surface area contributed by atoms with Gasteiger partial charge in [0.05, 0.1) is 0 Å². The second-order valence-electron chi connectivity index (χ2n) is 4.65. The molecule has 2 heteroatoms. The molecule has 0 saturated carbocycles. The zero-order chi connectivity index (χ0) is 13.0. The summed E-state index contributed by atoms with van der Waals surface area (Å²) in [7, 11) is 0. The Balaban J connectivity index is 1.98.